The molecule has 1 atom stereocenters. The second-order valence-electron chi connectivity index (χ2n) is 4.57. The molecule has 0 saturated carbocycles. The molecule has 0 bridgehead atoms. The van der Waals surface area contributed by atoms with Gasteiger partial charge < -0.3 is 14.8 Å². The number of nitro benzene ring substituents is 1. The number of nitrogens with one attached hydrogen (secondary N) is 1. The average molecular weight is 282 g/mol. The second-order valence-corrected chi connectivity index (χ2v) is 4.57. The van der Waals surface area contributed by atoms with Crippen molar-refractivity contribution in [3.8, 4) is 5.75 Å². The third kappa shape index (κ3) is 4.79. The number of hydrogen-bond donors (Lipinski definition) is 1. The van der Waals surface area contributed by atoms with Gasteiger partial charge in [-0.3, -0.25) is 10.1 Å². The van der Waals surface area contributed by atoms with Gasteiger partial charge in [0.2, 0.25) is 0 Å². The zero-order chi connectivity index (χ0) is 15.0. The Morgan fingerprint density at radius 2 is 2.15 bits per heavy atom. The first-order valence-corrected chi connectivity index (χ1v) is 6.66. The number of nitro groups is 1. The Hall–Kier alpha value is -1.66. The topological polar surface area (TPSA) is 73.6 Å². The predicted molar refractivity (Wildman–Crippen MR) is 77.3 cm³/mol. The number of ether oxygens (including phenoxy) is 2. The Kier molecular flexibility index (Phi) is 6.97. The summed E-state index contributed by atoms with van der Waals surface area (Å²) in [4.78, 5) is 10.4. The van der Waals surface area contributed by atoms with Crippen LogP contribution in [0.1, 0.15) is 18.9 Å². The third-order valence-electron chi connectivity index (χ3n) is 2.97. The van der Waals surface area contributed by atoms with Gasteiger partial charge in [0.15, 0.2) is 5.75 Å². The van der Waals surface area contributed by atoms with E-state index in [1.807, 2.05) is 0 Å². The van der Waals surface area contributed by atoms with Gasteiger partial charge in [-0.2, -0.15) is 0 Å². The molecule has 0 spiro atoms. The lowest BCUT2D eigenvalue weighted by atomic mass is 10.1. The summed E-state index contributed by atoms with van der Waals surface area (Å²) in [7, 11) is 3.10. The highest BCUT2D eigenvalue weighted by atomic mass is 16.6. The van der Waals surface area contributed by atoms with E-state index in [1.165, 1.54) is 13.2 Å². The maximum absolute atomic E-state index is 10.9. The van der Waals surface area contributed by atoms with Crippen LogP contribution in [0.25, 0.3) is 0 Å². The molecule has 0 saturated heterocycles. The lowest BCUT2D eigenvalue weighted by Gasteiger charge is -2.18. The molecule has 0 heterocycles. The van der Waals surface area contributed by atoms with Crippen molar-refractivity contribution in [1.29, 1.82) is 0 Å². The molecule has 112 valence electrons. The molecular weight excluding hydrogens is 260 g/mol. The Balaban J connectivity index is 2.81. The molecule has 1 aromatic carbocycles. The van der Waals surface area contributed by atoms with E-state index in [-0.39, 0.29) is 11.7 Å². The van der Waals surface area contributed by atoms with Crippen LogP contribution < -0.4 is 10.1 Å². The van der Waals surface area contributed by atoms with Crippen LogP contribution in [0.2, 0.25) is 0 Å². The summed E-state index contributed by atoms with van der Waals surface area (Å²) >= 11 is 0. The standard InChI is InChI=1S/C14H22N2O4/c1-4-7-15-12(10-19-2)8-11-5-6-13(16(17)18)14(9-11)20-3/h5-6,9,12,15H,4,7-8,10H2,1-3H3. The molecule has 20 heavy (non-hydrogen) atoms. The van der Waals surface area contributed by atoms with Gasteiger partial charge >= 0.3 is 5.69 Å². The van der Waals surface area contributed by atoms with Gasteiger partial charge in [0.25, 0.3) is 0 Å². The van der Waals surface area contributed by atoms with Crippen molar-refractivity contribution in [2.75, 3.05) is 27.4 Å². The van der Waals surface area contributed by atoms with E-state index < -0.39 is 4.92 Å². The van der Waals surface area contributed by atoms with E-state index >= 15 is 0 Å². The number of nitrogens with zero attached hydrogens (tertiary/aromatic N) is 1. The van der Waals surface area contributed by atoms with Crippen LogP contribution >= 0.6 is 0 Å². The monoisotopic (exact) mass is 282 g/mol. The molecule has 6 nitrogen and oxygen atoms in total. The molecule has 1 aromatic rings. The van der Waals surface area contributed by atoms with Crippen LogP contribution in [0.5, 0.6) is 5.75 Å². The van der Waals surface area contributed by atoms with E-state index in [0.29, 0.717) is 12.4 Å². The van der Waals surface area contributed by atoms with Gasteiger partial charge in [0.1, 0.15) is 0 Å². The van der Waals surface area contributed by atoms with Crippen LogP contribution in [0.3, 0.4) is 0 Å². The van der Waals surface area contributed by atoms with Crippen molar-refractivity contribution in [3.05, 3.63) is 33.9 Å². The summed E-state index contributed by atoms with van der Waals surface area (Å²) in [5.74, 6) is 0.291. The molecule has 0 aliphatic heterocycles. The first kappa shape index (κ1) is 16.4. The largest absolute Gasteiger partial charge is 0.490 e. The summed E-state index contributed by atoms with van der Waals surface area (Å²) in [6.45, 7) is 3.61. The van der Waals surface area contributed by atoms with Gasteiger partial charge in [0, 0.05) is 19.2 Å². The summed E-state index contributed by atoms with van der Waals surface area (Å²) in [6.07, 6.45) is 1.78. The SMILES string of the molecule is CCCNC(COC)Cc1ccc([N+](=O)[O-])c(OC)c1. The van der Waals surface area contributed by atoms with Crippen molar-refractivity contribution in [3.63, 3.8) is 0 Å². The summed E-state index contributed by atoms with van der Waals surface area (Å²) < 4.78 is 10.3. The van der Waals surface area contributed by atoms with Crippen LogP contribution in [0, 0.1) is 10.1 Å². The minimum atomic E-state index is -0.440. The van der Waals surface area contributed by atoms with Crippen molar-refractivity contribution in [2.45, 2.75) is 25.8 Å². The van der Waals surface area contributed by atoms with Gasteiger partial charge in [-0.15, -0.1) is 0 Å². The summed E-state index contributed by atoms with van der Waals surface area (Å²) in [6, 6.07) is 5.15. The van der Waals surface area contributed by atoms with Crippen molar-refractivity contribution in [1.82, 2.24) is 5.32 Å². The zero-order valence-corrected chi connectivity index (χ0v) is 12.2. The first-order valence-electron chi connectivity index (χ1n) is 6.66. The maximum atomic E-state index is 10.9. The van der Waals surface area contributed by atoms with E-state index in [1.54, 1.807) is 19.2 Å². The Bertz CT molecular complexity index is 437. The predicted octanol–water partition coefficient (Wildman–Crippen LogP) is 2.16. The van der Waals surface area contributed by atoms with E-state index in [0.717, 1.165) is 24.9 Å². The molecule has 1 unspecified atom stereocenters. The molecule has 0 amide bonds. The highest BCUT2D eigenvalue weighted by Crippen LogP contribution is 2.27. The molecule has 6 heteroatoms. The van der Waals surface area contributed by atoms with Gasteiger partial charge in [0.05, 0.1) is 18.6 Å². The molecule has 1 rings (SSSR count). The molecule has 0 aliphatic carbocycles. The van der Waals surface area contributed by atoms with Crippen LogP contribution in [0.4, 0.5) is 5.69 Å². The summed E-state index contributed by atoms with van der Waals surface area (Å²) in [5, 5.41) is 14.2. The fourth-order valence-electron chi connectivity index (χ4n) is 2.02. The fraction of sp³-hybridized carbons (Fsp3) is 0.571. The smallest absolute Gasteiger partial charge is 0.310 e. The minimum absolute atomic E-state index is 0.0129. The van der Waals surface area contributed by atoms with Gasteiger partial charge in [-0.25, -0.2) is 0 Å². The Morgan fingerprint density at radius 3 is 2.70 bits per heavy atom. The molecule has 1 N–H and O–H groups in total. The molecule has 0 aliphatic rings. The molecule has 0 fully saturated rings. The Labute approximate surface area is 119 Å². The van der Waals surface area contributed by atoms with Crippen molar-refractivity contribution in [2.24, 2.45) is 0 Å². The molecule has 0 aromatic heterocycles. The zero-order valence-electron chi connectivity index (χ0n) is 12.2. The maximum Gasteiger partial charge on any atom is 0.310 e. The summed E-state index contributed by atoms with van der Waals surface area (Å²) in [5.41, 5.74) is 0.971. The number of hydrogen-bond acceptors (Lipinski definition) is 5. The highest BCUT2D eigenvalue weighted by molar-refractivity contribution is 5.48. The Morgan fingerprint density at radius 1 is 1.40 bits per heavy atom. The molecule has 0 radical (unpaired) electrons. The quantitative estimate of drug-likeness (QED) is 0.555. The number of benzene rings is 1. The van der Waals surface area contributed by atoms with Crippen molar-refractivity contribution >= 4 is 5.69 Å². The van der Waals surface area contributed by atoms with E-state index in [4.69, 9.17) is 9.47 Å². The third-order valence-corrected chi connectivity index (χ3v) is 2.97. The second kappa shape index (κ2) is 8.50. The highest BCUT2D eigenvalue weighted by Gasteiger charge is 2.16. The number of rotatable bonds is 9. The van der Waals surface area contributed by atoms with E-state index in [2.05, 4.69) is 12.2 Å². The van der Waals surface area contributed by atoms with Crippen LogP contribution in [-0.4, -0.2) is 38.3 Å². The normalized spacial score (nSPS) is 12.2. The lowest BCUT2D eigenvalue weighted by molar-refractivity contribution is -0.385. The van der Waals surface area contributed by atoms with Crippen LogP contribution in [0.15, 0.2) is 18.2 Å². The van der Waals surface area contributed by atoms with Gasteiger partial charge in [-0.1, -0.05) is 13.0 Å². The number of methoxy groups -OCH3 is 2. The van der Waals surface area contributed by atoms with Gasteiger partial charge in [-0.05, 0) is 31.0 Å². The first-order chi connectivity index (χ1) is 9.62. The molecular formula is C14H22N2O4. The lowest BCUT2D eigenvalue weighted by Crippen LogP contribution is -2.35. The van der Waals surface area contributed by atoms with Crippen molar-refractivity contribution < 1.29 is 14.4 Å². The van der Waals surface area contributed by atoms with Crippen LogP contribution in [-0.2, 0) is 11.2 Å². The van der Waals surface area contributed by atoms with E-state index in [9.17, 15) is 10.1 Å². The average Bonchev–Trinajstić information content (AvgIpc) is 2.44. The minimum Gasteiger partial charge on any atom is -0.490 e. The fourth-order valence-corrected chi connectivity index (χ4v) is 2.02.